The number of hydrogen-bond acceptors (Lipinski definition) is 3. The zero-order valence-corrected chi connectivity index (χ0v) is 11.6. The number of H-pyrrole nitrogens is 1. The van der Waals surface area contributed by atoms with Crippen LogP contribution in [0, 0.1) is 6.92 Å². The summed E-state index contributed by atoms with van der Waals surface area (Å²) in [4.78, 5) is 2.51. The standard InChI is InChI=1S/C14H21N5/c1-3-19-10-13(11(2)17-19)9-18-7-5-12(8-18)14-4-6-15-16-14/h4,6,10,12H,3,5,7-9H2,1-2H3,(H,15,16)/t12-/m0/s1. The summed E-state index contributed by atoms with van der Waals surface area (Å²) < 4.78 is 2.02. The SMILES string of the molecule is CCn1cc(CN2CC[C@H](c3ccn[nH]3)C2)c(C)n1. The molecule has 102 valence electrons. The molecule has 1 N–H and O–H groups in total. The van der Waals surface area contributed by atoms with E-state index in [1.54, 1.807) is 0 Å². The Kier molecular flexibility index (Phi) is 3.38. The Labute approximate surface area is 113 Å². The van der Waals surface area contributed by atoms with Crippen LogP contribution >= 0.6 is 0 Å². The maximum atomic E-state index is 4.51. The second kappa shape index (κ2) is 5.17. The van der Waals surface area contributed by atoms with Gasteiger partial charge in [0.1, 0.15) is 0 Å². The summed E-state index contributed by atoms with van der Waals surface area (Å²) in [6.45, 7) is 8.44. The molecule has 5 heteroatoms. The minimum atomic E-state index is 0.601. The molecular formula is C14H21N5. The molecule has 2 aromatic rings. The molecule has 0 radical (unpaired) electrons. The van der Waals surface area contributed by atoms with E-state index in [9.17, 15) is 0 Å². The van der Waals surface area contributed by atoms with Crippen LogP contribution in [-0.4, -0.2) is 38.0 Å². The first kappa shape index (κ1) is 12.4. The summed E-state index contributed by atoms with van der Waals surface area (Å²) in [6.07, 6.45) is 5.23. The lowest BCUT2D eigenvalue weighted by atomic mass is 10.1. The van der Waals surface area contributed by atoms with Crippen molar-refractivity contribution in [3.8, 4) is 0 Å². The van der Waals surface area contributed by atoms with E-state index < -0.39 is 0 Å². The molecule has 0 unspecified atom stereocenters. The minimum absolute atomic E-state index is 0.601. The molecule has 1 aliphatic heterocycles. The average molecular weight is 259 g/mol. The van der Waals surface area contributed by atoms with E-state index in [0.717, 1.165) is 31.9 Å². The van der Waals surface area contributed by atoms with Crippen LogP contribution in [0.1, 0.15) is 36.2 Å². The summed E-state index contributed by atoms with van der Waals surface area (Å²) >= 11 is 0. The van der Waals surface area contributed by atoms with Gasteiger partial charge in [0.2, 0.25) is 0 Å². The Bertz CT molecular complexity index is 528. The van der Waals surface area contributed by atoms with E-state index in [1.807, 2.05) is 10.9 Å². The van der Waals surface area contributed by atoms with Crippen molar-refractivity contribution >= 4 is 0 Å². The van der Waals surface area contributed by atoms with Gasteiger partial charge in [-0.2, -0.15) is 10.2 Å². The van der Waals surface area contributed by atoms with E-state index in [1.165, 1.54) is 17.7 Å². The molecule has 1 saturated heterocycles. The van der Waals surface area contributed by atoms with Gasteiger partial charge in [0, 0.05) is 49.2 Å². The largest absolute Gasteiger partial charge is 0.298 e. The quantitative estimate of drug-likeness (QED) is 0.912. The Balaban J connectivity index is 1.64. The fourth-order valence-electron chi connectivity index (χ4n) is 2.84. The summed E-state index contributed by atoms with van der Waals surface area (Å²) in [6, 6.07) is 2.09. The normalized spacial score (nSPS) is 20.2. The second-order valence-electron chi connectivity index (χ2n) is 5.33. The molecular weight excluding hydrogens is 238 g/mol. The van der Waals surface area contributed by atoms with E-state index in [4.69, 9.17) is 0 Å². The number of aromatic nitrogens is 4. The van der Waals surface area contributed by atoms with Gasteiger partial charge >= 0.3 is 0 Å². The highest BCUT2D eigenvalue weighted by Gasteiger charge is 2.25. The van der Waals surface area contributed by atoms with E-state index in [0.29, 0.717) is 5.92 Å². The molecule has 3 heterocycles. The lowest BCUT2D eigenvalue weighted by Gasteiger charge is -2.14. The van der Waals surface area contributed by atoms with Crippen LogP contribution in [0.5, 0.6) is 0 Å². The first-order valence-corrected chi connectivity index (χ1v) is 7.01. The van der Waals surface area contributed by atoms with E-state index in [-0.39, 0.29) is 0 Å². The maximum absolute atomic E-state index is 4.51. The molecule has 0 aliphatic carbocycles. The number of likely N-dealkylation sites (tertiary alicyclic amines) is 1. The van der Waals surface area contributed by atoms with Crippen molar-refractivity contribution < 1.29 is 0 Å². The predicted octanol–water partition coefficient (Wildman–Crippen LogP) is 1.92. The molecule has 3 rings (SSSR count). The van der Waals surface area contributed by atoms with Crippen molar-refractivity contribution in [2.75, 3.05) is 13.1 Å². The Morgan fingerprint density at radius 3 is 3.05 bits per heavy atom. The third kappa shape index (κ3) is 2.56. The smallest absolute Gasteiger partial charge is 0.0638 e. The molecule has 1 aliphatic rings. The number of aryl methyl sites for hydroxylation is 2. The second-order valence-corrected chi connectivity index (χ2v) is 5.33. The van der Waals surface area contributed by atoms with Crippen molar-refractivity contribution in [1.29, 1.82) is 0 Å². The molecule has 19 heavy (non-hydrogen) atoms. The van der Waals surface area contributed by atoms with Crippen LogP contribution in [-0.2, 0) is 13.1 Å². The van der Waals surface area contributed by atoms with Gasteiger partial charge in [-0.1, -0.05) is 0 Å². The van der Waals surface area contributed by atoms with Crippen LogP contribution in [0.15, 0.2) is 18.5 Å². The van der Waals surface area contributed by atoms with Gasteiger partial charge in [-0.25, -0.2) is 0 Å². The molecule has 1 atom stereocenters. The number of hydrogen-bond donors (Lipinski definition) is 1. The highest BCUT2D eigenvalue weighted by molar-refractivity contribution is 5.16. The van der Waals surface area contributed by atoms with Crippen molar-refractivity contribution in [3.63, 3.8) is 0 Å². The predicted molar refractivity (Wildman–Crippen MR) is 73.9 cm³/mol. The summed E-state index contributed by atoms with van der Waals surface area (Å²) in [5.41, 5.74) is 3.78. The first-order chi connectivity index (χ1) is 9.26. The summed E-state index contributed by atoms with van der Waals surface area (Å²) in [5, 5.41) is 11.7. The van der Waals surface area contributed by atoms with Crippen LogP contribution in [0.4, 0.5) is 0 Å². The van der Waals surface area contributed by atoms with Gasteiger partial charge in [0.05, 0.1) is 5.69 Å². The van der Waals surface area contributed by atoms with Crippen molar-refractivity contribution in [2.24, 2.45) is 0 Å². The van der Waals surface area contributed by atoms with Crippen molar-refractivity contribution in [2.45, 2.75) is 39.3 Å². The molecule has 0 saturated carbocycles. The third-order valence-corrected chi connectivity index (χ3v) is 4.00. The van der Waals surface area contributed by atoms with Crippen LogP contribution in [0.2, 0.25) is 0 Å². The number of nitrogens with one attached hydrogen (secondary N) is 1. The molecule has 5 nitrogen and oxygen atoms in total. The van der Waals surface area contributed by atoms with Gasteiger partial charge in [0.25, 0.3) is 0 Å². The van der Waals surface area contributed by atoms with Gasteiger partial charge in [-0.3, -0.25) is 14.7 Å². The van der Waals surface area contributed by atoms with Gasteiger partial charge < -0.3 is 0 Å². The monoisotopic (exact) mass is 259 g/mol. The average Bonchev–Trinajstić information content (AvgIpc) is 3.11. The fraction of sp³-hybridized carbons (Fsp3) is 0.571. The van der Waals surface area contributed by atoms with E-state index in [2.05, 4.69) is 46.3 Å². The number of nitrogens with zero attached hydrogens (tertiary/aromatic N) is 4. The molecule has 0 spiro atoms. The van der Waals surface area contributed by atoms with E-state index >= 15 is 0 Å². The first-order valence-electron chi connectivity index (χ1n) is 7.01. The minimum Gasteiger partial charge on any atom is -0.298 e. The summed E-state index contributed by atoms with van der Waals surface area (Å²) in [5.74, 6) is 0.601. The van der Waals surface area contributed by atoms with Crippen molar-refractivity contribution in [1.82, 2.24) is 24.9 Å². The zero-order chi connectivity index (χ0) is 13.2. The van der Waals surface area contributed by atoms with Crippen LogP contribution < -0.4 is 0 Å². The fourth-order valence-corrected chi connectivity index (χ4v) is 2.84. The Morgan fingerprint density at radius 1 is 1.47 bits per heavy atom. The highest BCUT2D eigenvalue weighted by Crippen LogP contribution is 2.26. The van der Waals surface area contributed by atoms with Gasteiger partial charge in [-0.15, -0.1) is 0 Å². The lowest BCUT2D eigenvalue weighted by Crippen LogP contribution is -2.20. The van der Waals surface area contributed by atoms with Gasteiger partial charge in [0.15, 0.2) is 0 Å². The van der Waals surface area contributed by atoms with Crippen LogP contribution in [0.3, 0.4) is 0 Å². The maximum Gasteiger partial charge on any atom is 0.0638 e. The molecule has 0 bridgehead atoms. The molecule has 2 aromatic heterocycles. The summed E-state index contributed by atoms with van der Waals surface area (Å²) in [7, 11) is 0. The van der Waals surface area contributed by atoms with Gasteiger partial charge in [-0.05, 0) is 32.9 Å². The van der Waals surface area contributed by atoms with Crippen molar-refractivity contribution in [3.05, 3.63) is 35.4 Å². The third-order valence-electron chi connectivity index (χ3n) is 4.00. The topological polar surface area (TPSA) is 49.7 Å². The molecule has 0 aromatic carbocycles. The number of rotatable bonds is 4. The lowest BCUT2D eigenvalue weighted by molar-refractivity contribution is 0.325. The number of aromatic amines is 1. The molecule has 1 fully saturated rings. The Morgan fingerprint density at radius 2 is 2.37 bits per heavy atom. The zero-order valence-electron chi connectivity index (χ0n) is 11.6. The molecule has 0 amide bonds. The van der Waals surface area contributed by atoms with Crippen LogP contribution in [0.25, 0.3) is 0 Å². The highest BCUT2D eigenvalue weighted by atomic mass is 15.3. The Hall–Kier alpha value is -1.62.